The summed E-state index contributed by atoms with van der Waals surface area (Å²) >= 11 is 0. The van der Waals surface area contributed by atoms with Gasteiger partial charge in [-0.3, -0.25) is 24.3 Å². The SMILES string of the molecule is O=C(Cn1[nH]c(=O)c2ccccc2c1=O)OCC(=O)N1CCC[C@H]2CCCC[C@@H]21. The van der Waals surface area contributed by atoms with E-state index in [1.807, 2.05) is 4.90 Å². The van der Waals surface area contributed by atoms with E-state index in [1.165, 1.54) is 12.5 Å². The van der Waals surface area contributed by atoms with Crippen molar-refractivity contribution in [1.82, 2.24) is 14.7 Å². The molecular formula is C21H25N3O5. The van der Waals surface area contributed by atoms with Gasteiger partial charge in [0.25, 0.3) is 17.0 Å². The standard InChI is InChI=1S/C21H25N3O5/c25-18(23-11-5-7-14-6-1-4-10-17(14)23)13-29-19(26)12-24-21(28)16-9-3-2-8-15(16)20(27)22-24/h2-3,8-9,14,17H,1,4-7,10-13H2,(H,22,27)/t14-,17+/m1/s1. The summed E-state index contributed by atoms with van der Waals surface area (Å²) in [5.74, 6) is -0.365. The molecule has 1 saturated heterocycles. The Morgan fingerprint density at radius 1 is 1.03 bits per heavy atom. The van der Waals surface area contributed by atoms with Gasteiger partial charge in [0.2, 0.25) is 0 Å². The van der Waals surface area contributed by atoms with Crippen LogP contribution in [0.3, 0.4) is 0 Å². The molecule has 29 heavy (non-hydrogen) atoms. The normalized spacial score (nSPS) is 21.6. The van der Waals surface area contributed by atoms with Crippen LogP contribution in [0.15, 0.2) is 33.9 Å². The minimum Gasteiger partial charge on any atom is -0.454 e. The number of piperidine rings is 1. The number of fused-ring (bicyclic) bond motifs is 2. The zero-order valence-electron chi connectivity index (χ0n) is 16.3. The number of amides is 1. The van der Waals surface area contributed by atoms with Crippen LogP contribution in [-0.2, 0) is 20.9 Å². The maximum atomic E-state index is 12.6. The molecule has 0 radical (unpaired) electrons. The van der Waals surface area contributed by atoms with Crippen molar-refractivity contribution in [3.8, 4) is 0 Å². The molecule has 2 fully saturated rings. The molecule has 0 unspecified atom stereocenters. The molecule has 2 aliphatic rings. The van der Waals surface area contributed by atoms with Crippen LogP contribution in [0.4, 0.5) is 0 Å². The second-order valence-electron chi connectivity index (χ2n) is 7.88. The summed E-state index contributed by atoms with van der Waals surface area (Å²) in [6.07, 6.45) is 6.66. The second-order valence-corrected chi connectivity index (χ2v) is 7.88. The van der Waals surface area contributed by atoms with E-state index in [-0.39, 0.29) is 29.3 Å². The van der Waals surface area contributed by atoms with Crippen LogP contribution in [0.2, 0.25) is 0 Å². The zero-order valence-corrected chi connectivity index (χ0v) is 16.3. The van der Waals surface area contributed by atoms with Gasteiger partial charge in [-0.15, -0.1) is 0 Å². The molecule has 1 amide bonds. The van der Waals surface area contributed by atoms with E-state index in [1.54, 1.807) is 18.2 Å². The third kappa shape index (κ3) is 3.97. The fourth-order valence-electron chi connectivity index (χ4n) is 4.69. The number of aromatic amines is 1. The molecule has 1 aromatic heterocycles. The molecule has 154 valence electrons. The molecule has 1 aromatic carbocycles. The number of nitrogens with one attached hydrogen (secondary N) is 1. The van der Waals surface area contributed by atoms with Crippen molar-refractivity contribution in [2.24, 2.45) is 5.92 Å². The first-order chi connectivity index (χ1) is 14.0. The fraction of sp³-hybridized carbons (Fsp3) is 0.524. The minimum absolute atomic E-state index is 0.186. The summed E-state index contributed by atoms with van der Waals surface area (Å²) in [5.41, 5.74) is -0.940. The van der Waals surface area contributed by atoms with Gasteiger partial charge in [-0.25, -0.2) is 4.68 Å². The first-order valence-corrected chi connectivity index (χ1v) is 10.2. The van der Waals surface area contributed by atoms with Gasteiger partial charge in [0.15, 0.2) is 6.61 Å². The molecule has 1 saturated carbocycles. The number of benzene rings is 1. The van der Waals surface area contributed by atoms with E-state index < -0.39 is 23.6 Å². The van der Waals surface area contributed by atoms with Crippen molar-refractivity contribution < 1.29 is 14.3 Å². The average Bonchev–Trinajstić information content (AvgIpc) is 2.75. The van der Waals surface area contributed by atoms with Gasteiger partial charge < -0.3 is 9.64 Å². The molecular weight excluding hydrogens is 374 g/mol. The summed E-state index contributed by atoms with van der Waals surface area (Å²) in [7, 11) is 0. The van der Waals surface area contributed by atoms with Crippen LogP contribution >= 0.6 is 0 Å². The molecule has 0 spiro atoms. The number of esters is 1. The van der Waals surface area contributed by atoms with Crippen molar-refractivity contribution in [3.63, 3.8) is 0 Å². The predicted octanol–water partition coefficient (Wildman–Crippen LogP) is 1.41. The van der Waals surface area contributed by atoms with Crippen molar-refractivity contribution in [2.75, 3.05) is 13.2 Å². The lowest BCUT2D eigenvalue weighted by Gasteiger charge is -2.44. The Hall–Kier alpha value is -2.90. The van der Waals surface area contributed by atoms with Gasteiger partial charge in [-0.05, 0) is 43.7 Å². The van der Waals surface area contributed by atoms with Crippen LogP contribution in [-0.4, -0.2) is 45.8 Å². The highest BCUT2D eigenvalue weighted by Crippen LogP contribution is 2.35. The van der Waals surface area contributed by atoms with Gasteiger partial charge >= 0.3 is 5.97 Å². The van der Waals surface area contributed by atoms with Crippen LogP contribution < -0.4 is 11.1 Å². The van der Waals surface area contributed by atoms with Gasteiger partial charge in [0.1, 0.15) is 6.54 Å². The molecule has 1 aliphatic carbocycles. The third-order valence-electron chi connectivity index (χ3n) is 6.09. The lowest BCUT2D eigenvalue weighted by molar-refractivity contribution is -0.155. The molecule has 4 rings (SSSR count). The van der Waals surface area contributed by atoms with E-state index in [0.29, 0.717) is 12.5 Å². The third-order valence-corrected chi connectivity index (χ3v) is 6.09. The average molecular weight is 399 g/mol. The number of carbonyl (C=O) groups excluding carboxylic acids is 2. The van der Waals surface area contributed by atoms with Crippen LogP contribution in [0.5, 0.6) is 0 Å². The number of H-pyrrole nitrogens is 1. The molecule has 1 N–H and O–H groups in total. The molecule has 8 nitrogen and oxygen atoms in total. The van der Waals surface area contributed by atoms with E-state index in [4.69, 9.17) is 4.74 Å². The molecule has 8 heteroatoms. The zero-order chi connectivity index (χ0) is 20.4. The summed E-state index contributed by atoms with van der Waals surface area (Å²) in [5, 5.41) is 2.89. The van der Waals surface area contributed by atoms with E-state index in [0.717, 1.165) is 36.8 Å². The molecule has 2 atom stereocenters. The number of hydrogen-bond acceptors (Lipinski definition) is 5. The number of aromatic nitrogens is 2. The molecule has 1 aliphatic heterocycles. The first-order valence-electron chi connectivity index (χ1n) is 10.2. The van der Waals surface area contributed by atoms with Crippen LogP contribution in [0.25, 0.3) is 10.8 Å². The van der Waals surface area contributed by atoms with Gasteiger partial charge in [-0.1, -0.05) is 25.0 Å². The van der Waals surface area contributed by atoms with Gasteiger partial charge in [0, 0.05) is 12.6 Å². The summed E-state index contributed by atoms with van der Waals surface area (Å²) in [6, 6.07) is 6.66. The van der Waals surface area contributed by atoms with E-state index in [2.05, 4.69) is 5.10 Å². The van der Waals surface area contributed by atoms with Gasteiger partial charge in [0.05, 0.1) is 10.8 Å². The van der Waals surface area contributed by atoms with Crippen molar-refractivity contribution in [3.05, 3.63) is 45.0 Å². The molecule has 0 bridgehead atoms. The Balaban J connectivity index is 1.40. The summed E-state index contributed by atoms with van der Waals surface area (Å²) in [6.45, 7) is -0.0815. The Bertz CT molecular complexity index is 1040. The van der Waals surface area contributed by atoms with Crippen LogP contribution in [0, 0.1) is 5.92 Å². The quantitative estimate of drug-likeness (QED) is 0.784. The number of nitrogens with zero attached hydrogens (tertiary/aromatic N) is 2. The van der Waals surface area contributed by atoms with Crippen molar-refractivity contribution >= 4 is 22.6 Å². The highest BCUT2D eigenvalue weighted by molar-refractivity contribution is 5.82. The highest BCUT2D eigenvalue weighted by Gasteiger charge is 2.35. The maximum absolute atomic E-state index is 12.6. The largest absolute Gasteiger partial charge is 0.454 e. The highest BCUT2D eigenvalue weighted by atomic mass is 16.5. The summed E-state index contributed by atoms with van der Waals surface area (Å²) in [4.78, 5) is 51.3. The fourth-order valence-corrected chi connectivity index (χ4v) is 4.69. The summed E-state index contributed by atoms with van der Waals surface area (Å²) < 4.78 is 6.06. The monoisotopic (exact) mass is 399 g/mol. The number of hydrogen-bond donors (Lipinski definition) is 1. The van der Waals surface area contributed by atoms with Gasteiger partial charge in [-0.2, -0.15) is 0 Å². The number of carbonyl (C=O) groups is 2. The smallest absolute Gasteiger partial charge is 0.328 e. The molecule has 2 heterocycles. The Morgan fingerprint density at radius 3 is 2.59 bits per heavy atom. The first kappa shape index (κ1) is 19.4. The number of rotatable bonds is 4. The Morgan fingerprint density at radius 2 is 1.76 bits per heavy atom. The van der Waals surface area contributed by atoms with Crippen molar-refractivity contribution in [2.45, 2.75) is 51.1 Å². The minimum atomic E-state index is -0.733. The lowest BCUT2D eigenvalue weighted by atomic mass is 9.78. The Labute approximate surface area is 167 Å². The number of likely N-dealkylation sites (tertiary alicyclic amines) is 1. The number of ether oxygens (including phenoxy) is 1. The second kappa shape index (κ2) is 8.23. The predicted molar refractivity (Wildman–Crippen MR) is 106 cm³/mol. The lowest BCUT2D eigenvalue weighted by Crippen LogP contribution is -2.51. The topological polar surface area (TPSA) is 101 Å². The molecule has 2 aromatic rings. The van der Waals surface area contributed by atoms with Crippen LogP contribution in [0.1, 0.15) is 38.5 Å². The Kier molecular flexibility index (Phi) is 5.51. The van der Waals surface area contributed by atoms with E-state index in [9.17, 15) is 19.2 Å². The maximum Gasteiger partial charge on any atom is 0.328 e. The van der Waals surface area contributed by atoms with E-state index >= 15 is 0 Å². The van der Waals surface area contributed by atoms with Crippen molar-refractivity contribution in [1.29, 1.82) is 0 Å².